The molecule has 1 unspecified atom stereocenters. The molecule has 17 heavy (non-hydrogen) atoms. The number of rotatable bonds is 3. The van der Waals surface area contributed by atoms with Gasteiger partial charge in [-0.15, -0.1) is 0 Å². The molecule has 0 radical (unpaired) electrons. The van der Waals surface area contributed by atoms with E-state index in [1.165, 1.54) is 0 Å². The first-order valence-corrected chi connectivity index (χ1v) is 5.27. The van der Waals surface area contributed by atoms with Crippen LogP contribution >= 0.6 is 0 Å². The molecule has 0 bridgehead atoms. The molecule has 1 atom stereocenters. The third kappa shape index (κ3) is 2.32. The van der Waals surface area contributed by atoms with Gasteiger partial charge < -0.3 is 15.2 Å². The third-order valence-electron chi connectivity index (χ3n) is 2.73. The minimum atomic E-state index is -0.409. The summed E-state index contributed by atoms with van der Waals surface area (Å²) < 4.78 is 10.5. The maximum Gasteiger partial charge on any atom is 0.235 e. The van der Waals surface area contributed by atoms with Crippen LogP contribution in [-0.2, 0) is 4.79 Å². The first kappa shape index (κ1) is 11.7. The summed E-state index contributed by atoms with van der Waals surface area (Å²) >= 11 is 0. The number of ether oxygens (including phenoxy) is 2. The van der Waals surface area contributed by atoms with Crippen LogP contribution in [0.5, 0.6) is 11.5 Å². The molecule has 0 spiro atoms. The van der Waals surface area contributed by atoms with Gasteiger partial charge >= 0.3 is 0 Å². The molecule has 1 aromatic rings. The summed E-state index contributed by atoms with van der Waals surface area (Å²) in [7, 11) is 0. The second-order valence-electron chi connectivity index (χ2n) is 3.94. The SMILES string of the molecule is Cc1cc2c(cc1C(N)CC(=O)NN)OCO2. The van der Waals surface area contributed by atoms with Crippen molar-refractivity contribution >= 4 is 5.91 Å². The molecule has 0 saturated carbocycles. The van der Waals surface area contributed by atoms with E-state index in [2.05, 4.69) is 5.43 Å². The number of hydrogen-bond donors (Lipinski definition) is 3. The average Bonchev–Trinajstić information content (AvgIpc) is 2.74. The fourth-order valence-electron chi connectivity index (χ4n) is 1.83. The molecule has 1 aliphatic heterocycles. The van der Waals surface area contributed by atoms with E-state index in [4.69, 9.17) is 21.1 Å². The second kappa shape index (κ2) is 4.60. The van der Waals surface area contributed by atoms with Gasteiger partial charge in [0.05, 0.1) is 0 Å². The summed E-state index contributed by atoms with van der Waals surface area (Å²) in [5.74, 6) is 6.10. The van der Waals surface area contributed by atoms with Gasteiger partial charge in [0.15, 0.2) is 11.5 Å². The molecule has 6 heteroatoms. The van der Waals surface area contributed by atoms with Crippen molar-refractivity contribution in [1.29, 1.82) is 0 Å². The Bertz CT molecular complexity index is 448. The van der Waals surface area contributed by atoms with Crippen molar-refractivity contribution in [3.63, 3.8) is 0 Å². The zero-order chi connectivity index (χ0) is 12.4. The van der Waals surface area contributed by atoms with Gasteiger partial charge in [-0.3, -0.25) is 10.2 Å². The molecule has 1 amide bonds. The number of nitrogens with one attached hydrogen (secondary N) is 1. The van der Waals surface area contributed by atoms with E-state index in [1.807, 2.05) is 19.1 Å². The van der Waals surface area contributed by atoms with E-state index in [0.717, 1.165) is 11.1 Å². The molecule has 0 fully saturated rings. The molecule has 1 aromatic carbocycles. The van der Waals surface area contributed by atoms with Crippen LogP contribution < -0.4 is 26.5 Å². The molecular weight excluding hydrogens is 222 g/mol. The quantitative estimate of drug-likeness (QED) is 0.393. The van der Waals surface area contributed by atoms with Crippen LogP contribution in [-0.4, -0.2) is 12.7 Å². The maximum absolute atomic E-state index is 11.2. The van der Waals surface area contributed by atoms with Gasteiger partial charge in [0.1, 0.15) is 0 Å². The van der Waals surface area contributed by atoms with Gasteiger partial charge in [0.2, 0.25) is 12.7 Å². The lowest BCUT2D eigenvalue weighted by Crippen LogP contribution is -2.32. The highest BCUT2D eigenvalue weighted by molar-refractivity contribution is 5.76. The van der Waals surface area contributed by atoms with Crippen molar-refractivity contribution in [2.75, 3.05) is 6.79 Å². The molecule has 1 aliphatic rings. The lowest BCUT2D eigenvalue weighted by atomic mass is 9.98. The van der Waals surface area contributed by atoms with E-state index in [9.17, 15) is 4.79 Å². The topological polar surface area (TPSA) is 99.6 Å². The number of benzene rings is 1. The van der Waals surface area contributed by atoms with Gasteiger partial charge in [0.25, 0.3) is 0 Å². The maximum atomic E-state index is 11.2. The summed E-state index contributed by atoms with van der Waals surface area (Å²) in [4.78, 5) is 11.2. The highest BCUT2D eigenvalue weighted by atomic mass is 16.7. The number of nitrogens with two attached hydrogens (primary N) is 2. The van der Waals surface area contributed by atoms with Crippen LogP contribution in [0.2, 0.25) is 0 Å². The smallest absolute Gasteiger partial charge is 0.235 e. The largest absolute Gasteiger partial charge is 0.454 e. The molecule has 6 nitrogen and oxygen atoms in total. The monoisotopic (exact) mass is 237 g/mol. The normalized spacial score (nSPS) is 14.5. The average molecular weight is 237 g/mol. The van der Waals surface area contributed by atoms with Crippen LogP contribution in [0.3, 0.4) is 0 Å². The Balaban J connectivity index is 2.23. The fraction of sp³-hybridized carbons (Fsp3) is 0.364. The number of aryl methyl sites for hydroxylation is 1. The molecule has 92 valence electrons. The van der Waals surface area contributed by atoms with Crippen molar-refractivity contribution in [3.05, 3.63) is 23.3 Å². The van der Waals surface area contributed by atoms with Gasteiger partial charge in [0, 0.05) is 12.5 Å². The molecular formula is C11H15N3O3. The van der Waals surface area contributed by atoms with E-state index in [0.29, 0.717) is 11.5 Å². The predicted molar refractivity (Wildman–Crippen MR) is 61.2 cm³/mol. The number of carbonyl (C=O) groups excluding carboxylic acids is 1. The lowest BCUT2D eigenvalue weighted by molar-refractivity contribution is -0.121. The van der Waals surface area contributed by atoms with Crippen LogP contribution in [0.4, 0.5) is 0 Å². The Morgan fingerprint density at radius 1 is 1.47 bits per heavy atom. The lowest BCUT2D eigenvalue weighted by Gasteiger charge is -2.14. The first-order chi connectivity index (χ1) is 8.11. The van der Waals surface area contributed by atoms with Crippen molar-refractivity contribution in [2.24, 2.45) is 11.6 Å². The van der Waals surface area contributed by atoms with Crippen LogP contribution in [0.1, 0.15) is 23.6 Å². The molecule has 5 N–H and O–H groups in total. The van der Waals surface area contributed by atoms with Gasteiger partial charge in [-0.25, -0.2) is 5.84 Å². The summed E-state index contributed by atoms with van der Waals surface area (Å²) in [6.45, 7) is 2.13. The Hall–Kier alpha value is -1.79. The highest BCUT2D eigenvalue weighted by Crippen LogP contribution is 2.36. The van der Waals surface area contributed by atoms with E-state index >= 15 is 0 Å². The highest BCUT2D eigenvalue weighted by Gasteiger charge is 2.19. The number of hydrogen-bond acceptors (Lipinski definition) is 5. The number of amides is 1. The zero-order valence-electron chi connectivity index (χ0n) is 9.53. The predicted octanol–water partition coefficient (Wildman–Crippen LogP) is 0.104. The zero-order valence-corrected chi connectivity index (χ0v) is 9.53. The molecule has 0 aliphatic carbocycles. The Morgan fingerprint density at radius 2 is 2.12 bits per heavy atom. The minimum absolute atomic E-state index is 0.136. The van der Waals surface area contributed by atoms with Crippen LogP contribution in [0, 0.1) is 6.92 Å². The molecule has 0 saturated heterocycles. The second-order valence-corrected chi connectivity index (χ2v) is 3.94. The van der Waals surface area contributed by atoms with E-state index < -0.39 is 6.04 Å². The van der Waals surface area contributed by atoms with Crippen molar-refractivity contribution in [3.8, 4) is 11.5 Å². The summed E-state index contributed by atoms with van der Waals surface area (Å²) in [6, 6.07) is 3.26. The van der Waals surface area contributed by atoms with Crippen LogP contribution in [0.15, 0.2) is 12.1 Å². The van der Waals surface area contributed by atoms with Gasteiger partial charge in [-0.1, -0.05) is 0 Å². The summed E-state index contributed by atoms with van der Waals surface area (Å²) in [5.41, 5.74) is 9.84. The van der Waals surface area contributed by atoms with E-state index in [-0.39, 0.29) is 19.1 Å². The minimum Gasteiger partial charge on any atom is -0.454 e. The van der Waals surface area contributed by atoms with E-state index in [1.54, 1.807) is 0 Å². The number of fused-ring (bicyclic) bond motifs is 1. The molecule has 1 heterocycles. The Labute approximate surface area is 98.8 Å². The standard InChI is InChI=1S/C11H15N3O3/c1-6-2-9-10(17-5-16-9)3-7(6)8(12)4-11(15)14-13/h2-3,8H,4-5,12-13H2,1H3,(H,14,15). The molecule has 2 rings (SSSR count). The summed E-state index contributed by atoms with van der Waals surface area (Å²) in [5, 5.41) is 0. The number of carbonyl (C=O) groups is 1. The van der Waals surface area contributed by atoms with Crippen molar-refractivity contribution in [1.82, 2.24) is 5.43 Å². The van der Waals surface area contributed by atoms with Crippen LogP contribution in [0.25, 0.3) is 0 Å². The van der Waals surface area contributed by atoms with Crippen molar-refractivity contribution < 1.29 is 14.3 Å². The van der Waals surface area contributed by atoms with Gasteiger partial charge in [-0.2, -0.15) is 0 Å². The van der Waals surface area contributed by atoms with Crippen molar-refractivity contribution in [2.45, 2.75) is 19.4 Å². The van der Waals surface area contributed by atoms with Gasteiger partial charge in [-0.05, 0) is 30.2 Å². The summed E-state index contributed by atoms with van der Waals surface area (Å²) in [6.07, 6.45) is 0.136. The third-order valence-corrected chi connectivity index (χ3v) is 2.73. The fourth-order valence-corrected chi connectivity index (χ4v) is 1.83. The first-order valence-electron chi connectivity index (χ1n) is 5.27. The number of hydrazine groups is 1. The Kier molecular flexibility index (Phi) is 3.16. The molecule has 0 aromatic heterocycles. The Morgan fingerprint density at radius 3 is 2.76 bits per heavy atom.